The van der Waals surface area contributed by atoms with E-state index in [1.165, 1.54) is 0 Å². The molecule has 1 aromatic heterocycles. The lowest BCUT2D eigenvalue weighted by Gasteiger charge is -2.05. The second kappa shape index (κ2) is 5.37. The van der Waals surface area contributed by atoms with Gasteiger partial charge in [0.2, 0.25) is 0 Å². The van der Waals surface area contributed by atoms with Crippen molar-refractivity contribution >= 4 is 5.82 Å². The Morgan fingerprint density at radius 2 is 2.23 bits per heavy atom. The molecule has 0 aliphatic carbocycles. The van der Waals surface area contributed by atoms with Crippen LogP contribution in [0.2, 0.25) is 0 Å². The fourth-order valence-corrected chi connectivity index (χ4v) is 0.977. The summed E-state index contributed by atoms with van der Waals surface area (Å²) in [7, 11) is 0. The van der Waals surface area contributed by atoms with Crippen molar-refractivity contribution in [2.24, 2.45) is 0 Å². The highest BCUT2D eigenvalue weighted by molar-refractivity contribution is 5.47. The monoisotopic (exact) mass is 182 g/mol. The maximum atomic E-state index is 9.29. The number of hydrogen-bond donors (Lipinski definition) is 3. The van der Waals surface area contributed by atoms with Crippen LogP contribution in [0.1, 0.15) is 12.8 Å². The third kappa shape index (κ3) is 3.29. The van der Waals surface area contributed by atoms with Crippen molar-refractivity contribution in [3.8, 4) is 5.75 Å². The first-order chi connectivity index (χ1) is 6.34. The summed E-state index contributed by atoms with van der Waals surface area (Å²) in [6.07, 6.45) is 3.25. The van der Waals surface area contributed by atoms with Gasteiger partial charge in [0.25, 0.3) is 0 Å². The van der Waals surface area contributed by atoms with Crippen LogP contribution < -0.4 is 5.32 Å². The molecule has 0 amide bonds. The van der Waals surface area contributed by atoms with Crippen LogP contribution in [-0.2, 0) is 0 Å². The molecule has 1 aromatic rings. The van der Waals surface area contributed by atoms with E-state index >= 15 is 0 Å². The Hall–Kier alpha value is -1.29. The average Bonchev–Trinajstić information content (AvgIpc) is 2.15. The van der Waals surface area contributed by atoms with Gasteiger partial charge in [0.15, 0.2) is 11.6 Å². The maximum absolute atomic E-state index is 9.29. The quantitative estimate of drug-likeness (QED) is 0.594. The van der Waals surface area contributed by atoms with E-state index in [-0.39, 0.29) is 12.4 Å². The summed E-state index contributed by atoms with van der Waals surface area (Å²) in [5.74, 6) is 0.659. The van der Waals surface area contributed by atoms with Crippen molar-refractivity contribution in [3.05, 3.63) is 18.3 Å². The number of nitrogens with zero attached hydrogens (tertiary/aromatic N) is 1. The Morgan fingerprint density at radius 3 is 2.92 bits per heavy atom. The smallest absolute Gasteiger partial charge is 0.168 e. The zero-order valence-corrected chi connectivity index (χ0v) is 7.40. The van der Waals surface area contributed by atoms with Crippen LogP contribution in [0, 0.1) is 0 Å². The molecule has 0 aliphatic heterocycles. The molecule has 0 unspecified atom stereocenters. The van der Waals surface area contributed by atoms with Gasteiger partial charge in [-0.2, -0.15) is 0 Å². The van der Waals surface area contributed by atoms with Gasteiger partial charge in [0.1, 0.15) is 0 Å². The predicted molar refractivity (Wildman–Crippen MR) is 50.7 cm³/mol. The summed E-state index contributed by atoms with van der Waals surface area (Å²) in [4.78, 5) is 3.95. The van der Waals surface area contributed by atoms with Gasteiger partial charge in [-0.25, -0.2) is 4.98 Å². The van der Waals surface area contributed by atoms with Crippen LogP contribution in [0.3, 0.4) is 0 Å². The number of anilines is 1. The number of hydrogen-bond acceptors (Lipinski definition) is 4. The molecule has 0 radical (unpaired) electrons. The van der Waals surface area contributed by atoms with E-state index in [2.05, 4.69) is 10.3 Å². The van der Waals surface area contributed by atoms with Crippen LogP contribution in [-0.4, -0.2) is 28.3 Å². The Balaban J connectivity index is 2.32. The largest absolute Gasteiger partial charge is 0.504 e. The first-order valence-corrected chi connectivity index (χ1v) is 4.33. The molecule has 0 aromatic carbocycles. The normalized spacial score (nSPS) is 9.92. The van der Waals surface area contributed by atoms with E-state index < -0.39 is 0 Å². The van der Waals surface area contributed by atoms with Crippen LogP contribution in [0.15, 0.2) is 18.3 Å². The Labute approximate surface area is 77.2 Å². The Morgan fingerprint density at radius 1 is 1.38 bits per heavy atom. The van der Waals surface area contributed by atoms with Crippen LogP contribution in [0.25, 0.3) is 0 Å². The van der Waals surface area contributed by atoms with Crippen molar-refractivity contribution in [2.75, 3.05) is 18.5 Å². The molecule has 3 N–H and O–H groups in total. The molecule has 1 rings (SSSR count). The number of unbranched alkanes of at least 4 members (excludes halogenated alkanes) is 1. The minimum absolute atomic E-state index is 0.159. The number of aliphatic hydroxyl groups excluding tert-OH is 1. The molecule has 72 valence electrons. The number of nitrogens with one attached hydrogen (secondary N) is 1. The van der Waals surface area contributed by atoms with Crippen molar-refractivity contribution in [2.45, 2.75) is 12.8 Å². The number of aromatic hydroxyl groups is 1. The van der Waals surface area contributed by atoms with Crippen LogP contribution in [0.5, 0.6) is 5.75 Å². The first kappa shape index (κ1) is 9.80. The average molecular weight is 182 g/mol. The molecule has 0 saturated heterocycles. The van der Waals surface area contributed by atoms with Gasteiger partial charge in [0.05, 0.1) is 0 Å². The lowest BCUT2D eigenvalue weighted by molar-refractivity contribution is 0.286. The third-order valence-electron chi connectivity index (χ3n) is 1.66. The highest BCUT2D eigenvalue weighted by Crippen LogP contribution is 2.17. The number of rotatable bonds is 5. The molecule has 1 heterocycles. The lowest BCUT2D eigenvalue weighted by Crippen LogP contribution is -2.03. The Bertz CT molecular complexity index is 253. The standard InChI is InChI=1S/C9H14N2O2/c12-7-2-1-5-10-9-8(13)4-3-6-11-9/h3-4,6,12-13H,1-2,5,7H2,(H,10,11). The van der Waals surface area contributed by atoms with Gasteiger partial charge in [-0.05, 0) is 25.0 Å². The van der Waals surface area contributed by atoms with Crippen LogP contribution >= 0.6 is 0 Å². The minimum atomic E-state index is 0.159. The van der Waals surface area contributed by atoms with Gasteiger partial charge in [-0.1, -0.05) is 0 Å². The summed E-state index contributed by atoms with van der Waals surface area (Å²) in [5.41, 5.74) is 0. The predicted octanol–water partition coefficient (Wildman–Crippen LogP) is 0.972. The molecule has 0 saturated carbocycles. The Kier molecular flexibility index (Phi) is 4.05. The molecule has 0 aliphatic rings. The van der Waals surface area contributed by atoms with Gasteiger partial charge in [0, 0.05) is 19.3 Å². The molecule has 0 bridgehead atoms. The summed E-state index contributed by atoms with van der Waals surface area (Å²) in [6, 6.07) is 3.26. The van der Waals surface area contributed by atoms with E-state index in [9.17, 15) is 5.11 Å². The van der Waals surface area contributed by atoms with E-state index in [0.29, 0.717) is 12.4 Å². The number of pyridine rings is 1. The number of aliphatic hydroxyl groups is 1. The molecule has 0 spiro atoms. The molecule has 0 fully saturated rings. The minimum Gasteiger partial charge on any atom is -0.504 e. The highest BCUT2D eigenvalue weighted by atomic mass is 16.3. The molecular weight excluding hydrogens is 168 g/mol. The topological polar surface area (TPSA) is 65.4 Å². The fourth-order valence-electron chi connectivity index (χ4n) is 0.977. The van der Waals surface area contributed by atoms with Crippen molar-refractivity contribution in [3.63, 3.8) is 0 Å². The third-order valence-corrected chi connectivity index (χ3v) is 1.66. The fraction of sp³-hybridized carbons (Fsp3) is 0.444. The zero-order valence-electron chi connectivity index (χ0n) is 7.40. The van der Waals surface area contributed by atoms with Crippen molar-refractivity contribution in [1.29, 1.82) is 0 Å². The zero-order chi connectivity index (χ0) is 9.52. The SMILES string of the molecule is OCCCCNc1ncccc1O. The van der Waals surface area contributed by atoms with Gasteiger partial charge < -0.3 is 15.5 Å². The molecular formula is C9H14N2O2. The summed E-state index contributed by atoms with van der Waals surface area (Å²) in [6.45, 7) is 0.918. The van der Waals surface area contributed by atoms with E-state index in [0.717, 1.165) is 12.8 Å². The van der Waals surface area contributed by atoms with Crippen molar-refractivity contribution < 1.29 is 10.2 Å². The highest BCUT2D eigenvalue weighted by Gasteiger charge is 1.98. The molecule has 4 heteroatoms. The van der Waals surface area contributed by atoms with Gasteiger partial charge in [-0.15, -0.1) is 0 Å². The number of aromatic nitrogens is 1. The van der Waals surface area contributed by atoms with Crippen molar-refractivity contribution in [1.82, 2.24) is 4.98 Å². The molecule has 0 atom stereocenters. The molecule has 13 heavy (non-hydrogen) atoms. The maximum Gasteiger partial charge on any atom is 0.168 e. The second-order valence-corrected chi connectivity index (χ2v) is 2.73. The van der Waals surface area contributed by atoms with Gasteiger partial charge in [-0.3, -0.25) is 0 Å². The summed E-state index contributed by atoms with van der Waals surface area (Å²) >= 11 is 0. The first-order valence-electron chi connectivity index (χ1n) is 4.33. The van der Waals surface area contributed by atoms with E-state index in [1.807, 2.05) is 0 Å². The van der Waals surface area contributed by atoms with E-state index in [4.69, 9.17) is 5.11 Å². The van der Waals surface area contributed by atoms with E-state index in [1.54, 1.807) is 18.3 Å². The molecule has 4 nitrogen and oxygen atoms in total. The second-order valence-electron chi connectivity index (χ2n) is 2.73. The summed E-state index contributed by atoms with van der Waals surface area (Å²) < 4.78 is 0. The lowest BCUT2D eigenvalue weighted by atomic mass is 10.3. The van der Waals surface area contributed by atoms with Gasteiger partial charge >= 0.3 is 0 Å². The van der Waals surface area contributed by atoms with Crippen LogP contribution in [0.4, 0.5) is 5.82 Å². The summed E-state index contributed by atoms with van der Waals surface area (Å²) in [5, 5.41) is 20.8.